The lowest BCUT2D eigenvalue weighted by molar-refractivity contribution is 0.627. The molecule has 0 fully saturated rings. The first-order chi connectivity index (χ1) is 25.0. The number of pyridine rings is 2. The molecule has 6 heterocycles. The molecule has 0 aliphatic carbocycles. The van der Waals surface area contributed by atoms with Gasteiger partial charge in [-0.05, 0) is 96.1 Å². The van der Waals surface area contributed by atoms with E-state index in [1.807, 2.05) is 38.1 Å². The van der Waals surface area contributed by atoms with Crippen LogP contribution >= 0.6 is 34.2 Å². The minimum Gasteiger partial charge on any atom is -0.383 e. The zero-order valence-corrected chi connectivity index (χ0v) is 30.5. The number of hydrogen-bond acceptors (Lipinski definition) is 8. The third-order valence-corrected chi connectivity index (χ3v) is 9.42. The maximum atomic E-state index is 14.0. The van der Waals surface area contributed by atoms with Gasteiger partial charge in [0.2, 0.25) is 0 Å². The number of alkyl halides is 1. The van der Waals surface area contributed by atoms with E-state index in [1.165, 1.54) is 39.4 Å². The second kappa shape index (κ2) is 14.2. The van der Waals surface area contributed by atoms with Gasteiger partial charge < -0.3 is 5.73 Å². The van der Waals surface area contributed by atoms with Crippen molar-refractivity contribution in [3.05, 3.63) is 150 Å². The van der Waals surface area contributed by atoms with Gasteiger partial charge in [0.1, 0.15) is 38.8 Å². The van der Waals surface area contributed by atoms with E-state index >= 15 is 0 Å². The second-order valence-corrected chi connectivity index (χ2v) is 13.0. The number of hydrogen-bond donors (Lipinski definition) is 1. The quantitative estimate of drug-likeness (QED) is 0.149. The molecule has 2 N–H and O–H groups in total. The molecule has 11 nitrogen and oxygen atoms in total. The van der Waals surface area contributed by atoms with E-state index in [2.05, 4.69) is 42.6 Å². The van der Waals surface area contributed by atoms with Gasteiger partial charge in [-0.2, -0.15) is 5.10 Å². The molecule has 15 heteroatoms. The molecule has 6 aromatic heterocycles. The van der Waals surface area contributed by atoms with Gasteiger partial charge in [-0.1, -0.05) is 36.4 Å². The van der Waals surface area contributed by atoms with Crippen LogP contribution in [0.5, 0.6) is 0 Å². The van der Waals surface area contributed by atoms with E-state index in [4.69, 9.17) is 22.3 Å². The predicted molar refractivity (Wildman–Crippen MR) is 204 cm³/mol. The number of fused-ring (bicyclic) bond motifs is 3. The molecule has 8 rings (SSSR count). The molecule has 2 aromatic carbocycles. The number of anilines is 1. The van der Waals surface area contributed by atoms with Crippen molar-refractivity contribution >= 4 is 62.3 Å². The highest BCUT2D eigenvalue weighted by molar-refractivity contribution is 14.1. The number of halogens is 4. The van der Waals surface area contributed by atoms with Crippen molar-refractivity contribution < 1.29 is 8.78 Å². The Balaban J connectivity index is 0.000000175. The Hall–Kier alpha value is -5.61. The minimum atomic E-state index is -0.433. The van der Waals surface area contributed by atoms with Gasteiger partial charge in [-0.3, -0.25) is 18.4 Å². The number of nitrogens with zero attached hydrogens (tertiary/aromatic N) is 8. The van der Waals surface area contributed by atoms with Gasteiger partial charge in [0, 0.05) is 11.4 Å². The van der Waals surface area contributed by atoms with E-state index < -0.39 is 11.6 Å². The zero-order chi connectivity index (χ0) is 36.7. The van der Waals surface area contributed by atoms with Crippen LogP contribution in [0, 0.1) is 29.2 Å². The van der Waals surface area contributed by atoms with Crippen LogP contribution in [-0.2, 0) is 12.4 Å². The molecule has 260 valence electrons. The van der Waals surface area contributed by atoms with E-state index in [0.717, 1.165) is 11.4 Å². The topological polar surface area (TPSA) is 138 Å². The summed E-state index contributed by atoms with van der Waals surface area (Å²) < 4.78 is 32.8. The smallest absolute Gasteiger partial charge is 0.266 e. The molecule has 52 heavy (non-hydrogen) atoms. The highest BCUT2D eigenvalue weighted by Gasteiger charge is 2.20. The average Bonchev–Trinajstić information content (AvgIpc) is 3.43. The second-order valence-electron chi connectivity index (χ2n) is 11.8. The van der Waals surface area contributed by atoms with Crippen LogP contribution < -0.4 is 16.9 Å². The third kappa shape index (κ3) is 6.39. The molecule has 0 saturated carbocycles. The van der Waals surface area contributed by atoms with Crippen LogP contribution in [0.4, 0.5) is 14.6 Å². The Kier molecular flexibility index (Phi) is 9.50. The Morgan fingerprint density at radius 1 is 0.750 bits per heavy atom. The summed E-state index contributed by atoms with van der Waals surface area (Å²) in [4.78, 5) is 43.8. The van der Waals surface area contributed by atoms with Crippen LogP contribution in [0.3, 0.4) is 0 Å². The summed E-state index contributed by atoms with van der Waals surface area (Å²) in [6.45, 7) is 3.81. The highest BCUT2D eigenvalue weighted by atomic mass is 127. The molecular formula is C37H27ClF2IN9O2. The molecule has 0 spiro atoms. The fraction of sp³-hybridized carbons (Fsp3) is 0.108. The molecule has 0 radical (unpaired) electrons. The summed E-state index contributed by atoms with van der Waals surface area (Å²) in [7, 11) is 0. The van der Waals surface area contributed by atoms with Gasteiger partial charge in [-0.15, -0.1) is 11.6 Å². The molecule has 0 saturated heterocycles. The van der Waals surface area contributed by atoms with Gasteiger partial charge in [0.05, 0.1) is 40.3 Å². The Morgan fingerprint density at radius 3 is 1.81 bits per heavy atom. The van der Waals surface area contributed by atoms with Crippen LogP contribution in [0.25, 0.3) is 44.6 Å². The zero-order valence-electron chi connectivity index (χ0n) is 27.6. The van der Waals surface area contributed by atoms with Crippen LogP contribution in [0.2, 0.25) is 0 Å². The normalized spacial score (nSPS) is 11.3. The number of benzene rings is 2. The molecule has 0 unspecified atom stereocenters. The SMILES string of the molecule is Cc1cccc2nc(CCl)c(-c3cccc(F)c3)c(=O)n12.Cc1cccc2nc(Cn3nc(I)c4c(N)ncnc43)c(-c3cccc(F)c3)c(=O)n12. The van der Waals surface area contributed by atoms with Crippen molar-refractivity contribution in [2.45, 2.75) is 26.3 Å². The predicted octanol–water partition coefficient (Wildman–Crippen LogP) is 6.73. The lowest BCUT2D eigenvalue weighted by Crippen LogP contribution is -2.23. The molecule has 8 aromatic rings. The number of aromatic nitrogens is 8. The first-order valence-corrected chi connectivity index (χ1v) is 17.4. The van der Waals surface area contributed by atoms with Crippen molar-refractivity contribution in [1.29, 1.82) is 0 Å². The summed E-state index contributed by atoms with van der Waals surface area (Å²) in [5.41, 5.74) is 11.1. The van der Waals surface area contributed by atoms with Crippen molar-refractivity contribution in [1.82, 2.24) is 38.5 Å². The lowest BCUT2D eigenvalue weighted by atomic mass is 10.0. The molecule has 0 aliphatic rings. The Labute approximate surface area is 312 Å². The molecular weight excluding hydrogens is 803 g/mol. The van der Waals surface area contributed by atoms with Crippen LogP contribution in [0.15, 0.2) is 101 Å². The third-order valence-electron chi connectivity index (χ3n) is 8.41. The van der Waals surface area contributed by atoms with E-state index in [1.54, 1.807) is 41.1 Å². The lowest BCUT2D eigenvalue weighted by Gasteiger charge is -2.13. The summed E-state index contributed by atoms with van der Waals surface area (Å²) in [5, 5.41) is 5.17. The van der Waals surface area contributed by atoms with Crippen molar-refractivity contribution in [3.8, 4) is 22.3 Å². The number of rotatable bonds is 5. The maximum absolute atomic E-state index is 14.0. The minimum absolute atomic E-state index is 0.0888. The van der Waals surface area contributed by atoms with Gasteiger partial charge in [0.25, 0.3) is 11.1 Å². The summed E-state index contributed by atoms with van der Waals surface area (Å²) >= 11 is 8.00. The van der Waals surface area contributed by atoms with Crippen molar-refractivity contribution in [2.75, 3.05) is 5.73 Å². The maximum Gasteiger partial charge on any atom is 0.266 e. The van der Waals surface area contributed by atoms with Gasteiger partial charge in [-0.25, -0.2) is 33.4 Å². The number of aryl methyl sites for hydroxylation is 2. The Morgan fingerprint density at radius 2 is 1.27 bits per heavy atom. The van der Waals surface area contributed by atoms with Crippen LogP contribution in [-0.4, -0.2) is 38.5 Å². The summed E-state index contributed by atoms with van der Waals surface area (Å²) in [5.74, 6) is -0.418. The van der Waals surface area contributed by atoms with E-state index in [9.17, 15) is 18.4 Å². The molecule has 0 atom stereocenters. The largest absolute Gasteiger partial charge is 0.383 e. The van der Waals surface area contributed by atoms with E-state index in [0.29, 0.717) is 65.5 Å². The summed E-state index contributed by atoms with van der Waals surface area (Å²) in [6.07, 6.45) is 1.37. The van der Waals surface area contributed by atoms with Crippen LogP contribution in [0.1, 0.15) is 22.8 Å². The Bertz CT molecular complexity index is 2800. The fourth-order valence-corrected chi connectivity index (χ4v) is 7.06. The number of nitrogen functional groups attached to an aromatic ring is 1. The van der Waals surface area contributed by atoms with Gasteiger partial charge in [0.15, 0.2) is 5.65 Å². The number of nitrogens with two attached hydrogens (primary N) is 1. The van der Waals surface area contributed by atoms with E-state index in [-0.39, 0.29) is 23.5 Å². The summed E-state index contributed by atoms with van der Waals surface area (Å²) in [6, 6.07) is 22.7. The first-order valence-electron chi connectivity index (χ1n) is 15.8. The standard InChI is InChI=1S/C21H15FIN7O.C16H12ClFN2O/c1-11-4-2-7-15-27-14(9-29-20-17(18(23)28-29)19(24)25-10-26-20)16(21(31)30(11)15)12-5-3-6-13(22)8-12;1-10-4-2-7-14-19-13(9-17)15(16(21)20(10)14)11-5-3-6-12(18)8-11/h2-8,10H,9H2,1H3,(H2,24,25,26);2-8H,9H2,1H3. The average molecular weight is 830 g/mol. The molecule has 0 aliphatic heterocycles. The van der Waals surface area contributed by atoms with Crippen molar-refractivity contribution in [3.63, 3.8) is 0 Å². The molecule has 0 amide bonds. The van der Waals surface area contributed by atoms with Gasteiger partial charge >= 0.3 is 0 Å². The first kappa shape index (κ1) is 34.8. The highest BCUT2D eigenvalue weighted by Crippen LogP contribution is 2.26. The van der Waals surface area contributed by atoms with Crippen molar-refractivity contribution in [2.24, 2.45) is 0 Å². The molecule has 0 bridgehead atoms. The monoisotopic (exact) mass is 829 g/mol. The fourth-order valence-electron chi connectivity index (χ4n) is 6.09.